The van der Waals surface area contributed by atoms with Crippen molar-refractivity contribution in [1.82, 2.24) is 5.32 Å². The first-order chi connectivity index (χ1) is 7.75. The first-order valence-corrected chi connectivity index (χ1v) is 6.62. The van der Waals surface area contributed by atoms with Gasteiger partial charge < -0.3 is 5.32 Å². The minimum atomic E-state index is 0.669. The molecule has 86 valence electrons. The molecule has 0 aromatic heterocycles. The normalized spacial score (nSPS) is 19.9. The third-order valence-electron chi connectivity index (χ3n) is 3.93. The van der Waals surface area contributed by atoms with Gasteiger partial charge in [0.15, 0.2) is 0 Å². The fraction of sp³-hybridized carbons (Fsp3) is 0.600. The Balaban J connectivity index is 2.07. The van der Waals surface area contributed by atoms with E-state index in [-0.39, 0.29) is 0 Å². The number of nitrogens with one attached hydrogen (secondary N) is 1. The molecule has 1 heteroatoms. The Morgan fingerprint density at radius 3 is 2.69 bits per heavy atom. The van der Waals surface area contributed by atoms with E-state index in [0.717, 1.165) is 19.0 Å². The maximum absolute atomic E-state index is 3.47. The van der Waals surface area contributed by atoms with Gasteiger partial charge in [0.1, 0.15) is 0 Å². The molecule has 1 aliphatic heterocycles. The number of benzene rings is 1. The fourth-order valence-corrected chi connectivity index (χ4v) is 2.82. The van der Waals surface area contributed by atoms with Crippen LogP contribution < -0.4 is 5.32 Å². The smallest absolute Gasteiger partial charge is 0.0208 e. The molecular weight excluding hydrogens is 194 g/mol. The summed E-state index contributed by atoms with van der Waals surface area (Å²) in [4.78, 5) is 0. The number of hydrogen-bond donors (Lipinski definition) is 1. The zero-order valence-corrected chi connectivity index (χ0v) is 10.3. The molecule has 3 rings (SSSR count). The average Bonchev–Trinajstić information content (AvgIpc) is 3.11. The van der Waals surface area contributed by atoms with E-state index in [1.807, 2.05) is 0 Å². The average molecular weight is 215 g/mol. The summed E-state index contributed by atoms with van der Waals surface area (Å²) in [5.41, 5.74) is 6.41. The summed E-state index contributed by atoms with van der Waals surface area (Å²) in [5, 5.41) is 3.47. The van der Waals surface area contributed by atoms with Crippen molar-refractivity contribution < 1.29 is 0 Å². The van der Waals surface area contributed by atoms with Gasteiger partial charge in [0.25, 0.3) is 0 Å². The van der Waals surface area contributed by atoms with Crippen molar-refractivity contribution in [3.05, 3.63) is 34.4 Å². The van der Waals surface area contributed by atoms with Gasteiger partial charge in [-0.3, -0.25) is 0 Å². The third-order valence-corrected chi connectivity index (χ3v) is 3.93. The Labute approximate surface area is 98.3 Å². The van der Waals surface area contributed by atoms with Crippen LogP contribution in [0.15, 0.2) is 12.1 Å². The molecule has 0 amide bonds. The van der Waals surface area contributed by atoms with Gasteiger partial charge in [0.05, 0.1) is 0 Å². The summed E-state index contributed by atoms with van der Waals surface area (Å²) < 4.78 is 0. The second-order valence-electron chi connectivity index (χ2n) is 5.61. The molecule has 1 aromatic carbocycles. The maximum atomic E-state index is 3.47. The van der Waals surface area contributed by atoms with Gasteiger partial charge in [-0.2, -0.15) is 0 Å². The summed E-state index contributed by atoms with van der Waals surface area (Å²) in [6.07, 6.45) is 4.04. The Morgan fingerprint density at radius 1 is 1.19 bits per heavy atom. The van der Waals surface area contributed by atoms with E-state index in [0.29, 0.717) is 5.92 Å². The SMILES string of the molecule is CC(C)c1cc2c(cc1C1CC1)CCNC2. The van der Waals surface area contributed by atoms with E-state index in [4.69, 9.17) is 0 Å². The van der Waals surface area contributed by atoms with Crippen molar-refractivity contribution in [2.24, 2.45) is 0 Å². The summed E-state index contributed by atoms with van der Waals surface area (Å²) >= 11 is 0. The maximum Gasteiger partial charge on any atom is 0.0208 e. The lowest BCUT2D eigenvalue weighted by atomic mass is 9.88. The van der Waals surface area contributed by atoms with Crippen molar-refractivity contribution in [2.45, 2.75) is 51.5 Å². The first-order valence-electron chi connectivity index (χ1n) is 6.62. The van der Waals surface area contributed by atoms with E-state index in [1.54, 1.807) is 22.3 Å². The monoisotopic (exact) mass is 215 g/mol. The second-order valence-corrected chi connectivity index (χ2v) is 5.61. The van der Waals surface area contributed by atoms with E-state index in [2.05, 4.69) is 31.3 Å². The zero-order valence-electron chi connectivity index (χ0n) is 10.3. The van der Waals surface area contributed by atoms with Crippen molar-refractivity contribution in [1.29, 1.82) is 0 Å². The Bertz CT molecular complexity index is 371. The lowest BCUT2D eigenvalue weighted by molar-refractivity contribution is 0.640. The number of fused-ring (bicyclic) bond motifs is 1. The van der Waals surface area contributed by atoms with Gasteiger partial charge in [-0.1, -0.05) is 26.0 Å². The molecule has 0 unspecified atom stereocenters. The quantitative estimate of drug-likeness (QED) is 0.798. The Morgan fingerprint density at radius 2 is 2.00 bits per heavy atom. The molecule has 1 aliphatic carbocycles. The molecule has 1 saturated carbocycles. The molecule has 1 heterocycles. The number of rotatable bonds is 2. The molecule has 1 nitrogen and oxygen atoms in total. The molecule has 2 aliphatic rings. The topological polar surface area (TPSA) is 12.0 Å². The predicted octanol–water partition coefficient (Wildman–Crippen LogP) is 3.33. The highest BCUT2D eigenvalue weighted by molar-refractivity contribution is 5.44. The molecule has 0 saturated heterocycles. The largest absolute Gasteiger partial charge is 0.312 e. The van der Waals surface area contributed by atoms with Crippen LogP contribution in [0.2, 0.25) is 0 Å². The Kier molecular flexibility index (Phi) is 2.51. The van der Waals surface area contributed by atoms with Gasteiger partial charge in [0.2, 0.25) is 0 Å². The van der Waals surface area contributed by atoms with E-state index in [1.165, 1.54) is 19.3 Å². The van der Waals surface area contributed by atoms with Crippen LogP contribution in [0.4, 0.5) is 0 Å². The van der Waals surface area contributed by atoms with Gasteiger partial charge in [-0.05, 0) is 59.9 Å². The molecule has 1 fully saturated rings. The molecule has 0 atom stereocenters. The lowest BCUT2D eigenvalue weighted by Gasteiger charge is -2.22. The van der Waals surface area contributed by atoms with Crippen LogP contribution in [0.5, 0.6) is 0 Å². The molecule has 0 spiro atoms. The molecule has 0 radical (unpaired) electrons. The lowest BCUT2D eigenvalue weighted by Crippen LogP contribution is -2.24. The van der Waals surface area contributed by atoms with Crippen molar-refractivity contribution in [2.75, 3.05) is 6.54 Å². The van der Waals surface area contributed by atoms with Gasteiger partial charge in [-0.15, -0.1) is 0 Å². The summed E-state index contributed by atoms with van der Waals surface area (Å²) in [7, 11) is 0. The summed E-state index contributed by atoms with van der Waals surface area (Å²) in [6.45, 7) is 6.87. The molecule has 16 heavy (non-hydrogen) atoms. The highest BCUT2D eigenvalue weighted by atomic mass is 14.9. The van der Waals surface area contributed by atoms with Crippen LogP contribution in [0, 0.1) is 0 Å². The van der Waals surface area contributed by atoms with Crippen LogP contribution in [0.1, 0.15) is 60.8 Å². The Hall–Kier alpha value is -0.820. The van der Waals surface area contributed by atoms with Crippen molar-refractivity contribution >= 4 is 0 Å². The standard InChI is InChI=1S/C15H21N/c1-10(2)14-8-13-9-16-6-5-12(13)7-15(14)11-3-4-11/h7-8,10-11,16H,3-6,9H2,1-2H3. The van der Waals surface area contributed by atoms with Crippen molar-refractivity contribution in [3.8, 4) is 0 Å². The molecule has 1 aromatic rings. The van der Waals surface area contributed by atoms with E-state index in [9.17, 15) is 0 Å². The highest BCUT2D eigenvalue weighted by Gasteiger charge is 2.28. The highest BCUT2D eigenvalue weighted by Crippen LogP contribution is 2.44. The van der Waals surface area contributed by atoms with Crippen LogP contribution in [-0.2, 0) is 13.0 Å². The minimum Gasteiger partial charge on any atom is -0.312 e. The zero-order chi connectivity index (χ0) is 11.1. The summed E-state index contributed by atoms with van der Waals surface area (Å²) in [5.74, 6) is 1.56. The van der Waals surface area contributed by atoms with Gasteiger partial charge >= 0.3 is 0 Å². The van der Waals surface area contributed by atoms with Gasteiger partial charge in [-0.25, -0.2) is 0 Å². The first kappa shape index (κ1) is 10.3. The van der Waals surface area contributed by atoms with E-state index >= 15 is 0 Å². The van der Waals surface area contributed by atoms with E-state index < -0.39 is 0 Å². The van der Waals surface area contributed by atoms with Crippen LogP contribution >= 0.6 is 0 Å². The minimum absolute atomic E-state index is 0.669. The second kappa shape index (κ2) is 3.89. The third kappa shape index (κ3) is 1.78. The van der Waals surface area contributed by atoms with Crippen LogP contribution in [0.25, 0.3) is 0 Å². The number of hydrogen-bond acceptors (Lipinski definition) is 1. The van der Waals surface area contributed by atoms with Gasteiger partial charge in [0, 0.05) is 6.54 Å². The summed E-state index contributed by atoms with van der Waals surface area (Å²) in [6, 6.07) is 4.99. The fourth-order valence-electron chi connectivity index (χ4n) is 2.82. The van der Waals surface area contributed by atoms with Crippen molar-refractivity contribution in [3.63, 3.8) is 0 Å². The van der Waals surface area contributed by atoms with Crippen LogP contribution in [-0.4, -0.2) is 6.54 Å². The molecule has 0 bridgehead atoms. The molecular formula is C15H21N. The molecule has 1 N–H and O–H groups in total. The van der Waals surface area contributed by atoms with Crippen LogP contribution in [0.3, 0.4) is 0 Å². The predicted molar refractivity (Wildman–Crippen MR) is 67.9 cm³/mol.